The number of hydrogen-bond donors (Lipinski definition) is 3. The van der Waals surface area contributed by atoms with E-state index in [1.54, 1.807) is 13.1 Å². The molecule has 0 radical (unpaired) electrons. The lowest BCUT2D eigenvalue weighted by atomic mass is 10.1. The average molecular weight is 166 g/mol. The summed E-state index contributed by atoms with van der Waals surface area (Å²) in [6.07, 6.45) is 0. The summed E-state index contributed by atoms with van der Waals surface area (Å²) >= 11 is 0. The molecule has 0 aliphatic carbocycles. The molecule has 1 rings (SSSR count). The minimum atomic E-state index is 0.501. The first kappa shape index (κ1) is 8.83. The van der Waals surface area contributed by atoms with Gasteiger partial charge in [-0.15, -0.1) is 0 Å². The normalized spacial score (nSPS) is 9.92. The molecule has 0 fully saturated rings. The van der Waals surface area contributed by atoms with E-state index >= 15 is 0 Å². The van der Waals surface area contributed by atoms with Crippen molar-refractivity contribution in [1.82, 2.24) is 0 Å². The molecule has 4 heteroatoms. The van der Waals surface area contributed by atoms with Crippen molar-refractivity contribution in [2.24, 2.45) is 11.6 Å². The summed E-state index contributed by atoms with van der Waals surface area (Å²) in [6, 6.07) is 5.58. The van der Waals surface area contributed by atoms with Gasteiger partial charge in [0.2, 0.25) is 0 Å². The first-order chi connectivity index (χ1) is 5.65. The molecule has 0 spiro atoms. The minimum Gasteiger partial charge on any atom is -0.397 e. The summed E-state index contributed by atoms with van der Waals surface area (Å²) in [6.45, 7) is 0.501. The molecule has 0 aliphatic rings. The fourth-order valence-corrected chi connectivity index (χ4v) is 1.02. The van der Waals surface area contributed by atoms with Crippen molar-refractivity contribution in [2.45, 2.75) is 6.54 Å². The van der Waals surface area contributed by atoms with Gasteiger partial charge in [-0.25, -0.2) is 5.84 Å². The van der Waals surface area contributed by atoms with Crippen molar-refractivity contribution in [1.29, 1.82) is 0 Å². The second-order valence-corrected chi connectivity index (χ2v) is 2.71. The van der Waals surface area contributed by atoms with Crippen LogP contribution in [-0.2, 0) is 6.54 Å². The molecule has 1 aromatic rings. The van der Waals surface area contributed by atoms with E-state index < -0.39 is 0 Å². The molecular formula is C8H14N4. The van der Waals surface area contributed by atoms with E-state index in [-0.39, 0.29) is 0 Å². The minimum absolute atomic E-state index is 0.501. The van der Waals surface area contributed by atoms with Crippen LogP contribution in [0.25, 0.3) is 0 Å². The molecule has 0 unspecified atom stereocenters. The smallest absolute Gasteiger partial charge is 0.0746 e. The molecular weight excluding hydrogens is 152 g/mol. The number of nitrogens with two attached hydrogens (primary N) is 3. The highest BCUT2D eigenvalue weighted by Crippen LogP contribution is 2.21. The van der Waals surface area contributed by atoms with Crippen LogP contribution in [0.5, 0.6) is 0 Å². The number of nitrogens with zero attached hydrogens (tertiary/aromatic N) is 1. The molecule has 0 saturated carbocycles. The molecule has 0 saturated heterocycles. The summed E-state index contributed by atoms with van der Waals surface area (Å²) in [5.41, 5.74) is 13.6. The van der Waals surface area contributed by atoms with E-state index in [2.05, 4.69) is 0 Å². The Hall–Kier alpha value is -1.26. The van der Waals surface area contributed by atoms with Gasteiger partial charge >= 0.3 is 0 Å². The maximum atomic E-state index is 5.68. The first-order valence-corrected chi connectivity index (χ1v) is 3.72. The number of hydrogen-bond acceptors (Lipinski definition) is 4. The zero-order chi connectivity index (χ0) is 9.14. The van der Waals surface area contributed by atoms with Gasteiger partial charge in [-0.1, -0.05) is 6.07 Å². The van der Waals surface area contributed by atoms with Gasteiger partial charge in [0.25, 0.3) is 0 Å². The van der Waals surface area contributed by atoms with Crippen LogP contribution in [-0.4, -0.2) is 7.05 Å². The third-order valence-electron chi connectivity index (χ3n) is 1.71. The maximum Gasteiger partial charge on any atom is 0.0746 e. The van der Waals surface area contributed by atoms with Crippen LogP contribution in [0.3, 0.4) is 0 Å². The van der Waals surface area contributed by atoms with Crippen molar-refractivity contribution in [3.63, 3.8) is 0 Å². The van der Waals surface area contributed by atoms with E-state index in [4.69, 9.17) is 17.3 Å². The molecule has 1 aromatic carbocycles. The molecule has 0 atom stereocenters. The zero-order valence-electron chi connectivity index (χ0n) is 7.12. The van der Waals surface area contributed by atoms with Crippen LogP contribution >= 0.6 is 0 Å². The zero-order valence-corrected chi connectivity index (χ0v) is 7.12. The highest BCUT2D eigenvalue weighted by atomic mass is 15.4. The Bertz CT molecular complexity index is 270. The molecule has 6 N–H and O–H groups in total. The topological polar surface area (TPSA) is 81.3 Å². The fourth-order valence-electron chi connectivity index (χ4n) is 1.02. The monoisotopic (exact) mass is 166 g/mol. The van der Waals surface area contributed by atoms with Crippen molar-refractivity contribution < 1.29 is 0 Å². The summed E-state index contributed by atoms with van der Waals surface area (Å²) < 4.78 is 0. The van der Waals surface area contributed by atoms with Crippen molar-refractivity contribution in [2.75, 3.05) is 17.8 Å². The van der Waals surface area contributed by atoms with Crippen molar-refractivity contribution in [3.8, 4) is 0 Å². The molecule has 0 bridgehead atoms. The highest BCUT2D eigenvalue weighted by Gasteiger charge is 2.01. The van der Waals surface area contributed by atoms with Gasteiger partial charge in [-0.05, 0) is 17.7 Å². The van der Waals surface area contributed by atoms with Crippen LogP contribution in [0.4, 0.5) is 11.4 Å². The molecule has 12 heavy (non-hydrogen) atoms. The van der Waals surface area contributed by atoms with Crippen molar-refractivity contribution in [3.05, 3.63) is 23.8 Å². The summed E-state index contributed by atoms with van der Waals surface area (Å²) in [4.78, 5) is 0. The van der Waals surface area contributed by atoms with Crippen LogP contribution in [0, 0.1) is 0 Å². The highest BCUT2D eigenvalue weighted by molar-refractivity contribution is 5.67. The second-order valence-electron chi connectivity index (χ2n) is 2.71. The number of nitrogen functional groups attached to an aromatic ring is 1. The predicted molar refractivity (Wildman–Crippen MR) is 51.3 cm³/mol. The quantitative estimate of drug-likeness (QED) is 0.329. The van der Waals surface area contributed by atoms with E-state index in [1.807, 2.05) is 12.1 Å². The lowest BCUT2D eigenvalue weighted by molar-refractivity contribution is 1.01. The van der Waals surface area contributed by atoms with E-state index in [0.717, 1.165) is 11.3 Å². The van der Waals surface area contributed by atoms with Crippen LogP contribution < -0.4 is 22.3 Å². The predicted octanol–water partition coefficient (Wildman–Crippen LogP) is 0.0374. The summed E-state index contributed by atoms with van der Waals surface area (Å²) in [5, 5.41) is 1.48. The Morgan fingerprint density at radius 3 is 2.58 bits per heavy atom. The van der Waals surface area contributed by atoms with Gasteiger partial charge in [-0.2, -0.15) is 0 Å². The van der Waals surface area contributed by atoms with E-state index in [1.165, 1.54) is 5.01 Å². The Balaban J connectivity index is 3.08. The molecule has 4 nitrogen and oxygen atoms in total. The number of anilines is 2. The van der Waals surface area contributed by atoms with Gasteiger partial charge in [0.1, 0.15) is 0 Å². The standard InChI is InChI=1S/C8H14N4/c1-12(11)8-4-6(5-9)2-3-7(8)10/h2-4H,5,9-11H2,1H3. The maximum absolute atomic E-state index is 5.68. The molecule has 0 aromatic heterocycles. The molecule has 0 aliphatic heterocycles. The summed E-state index contributed by atoms with van der Waals surface area (Å²) in [7, 11) is 1.74. The van der Waals surface area contributed by atoms with Gasteiger partial charge < -0.3 is 16.5 Å². The number of rotatable bonds is 2. The van der Waals surface area contributed by atoms with Gasteiger partial charge in [0.15, 0.2) is 0 Å². The van der Waals surface area contributed by atoms with E-state index in [9.17, 15) is 0 Å². The lowest BCUT2D eigenvalue weighted by Gasteiger charge is -2.15. The first-order valence-electron chi connectivity index (χ1n) is 3.72. The van der Waals surface area contributed by atoms with Crippen LogP contribution in [0.15, 0.2) is 18.2 Å². The number of benzene rings is 1. The largest absolute Gasteiger partial charge is 0.397 e. The molecule has 66 valence electrons. The van der Waals surface area contributed by atoms with Crippen LogP contribution in [0.2, 0.25) is 0 Å². The third kappa shape index (κ3) is 1.66. The third-order valence-corrected chi connectivity index (χ3v) is 1.71. The summed E-state index contributed by atoms with van der Waals surface area (Å²) in [5.74, 6) is 5.55. The second kappa shape index (κ2) is 3.42. The SMILES string of the molecule is CN(N)c1cc(CN)ccc1N. The Labute approximate surface area is 71.9 Å². The van der Waals surface area contributed by atoms with Crippen molar-refractivity contribution >= 4 is 11.4 Å². The molecule has 0 heterocycles. The van der Waals surface area contributed by atoms with Crippen LogP contribution in [0.1, 0.15) is 5.56 Å². The molecule has 0 amide bonds. The van der Waals surface area contributed by atoms with Gasteiger partial charge in [-0.3, -0.25) is 0 Å². The Kier molecular flexibility index (Phi) is 2.52. The van der Waals surface area contributed by atoms with E-state index in [0.29, 0.717) is 12.2 Å². The average Bonchev–Trinajstić information content (AvgIpc) is 2.05. The van der Waals surface area contributed by atoms with Gasteiger partial charge in [0.05, 0.1) is 11.4 Å². The Morgan fingerprint density at radius 1 is 1.42 bits per heavy atom. The van der Waals surface area contributed by atoms with Gasteiger partial charge in [0, 0.05) is 13.6 Å². The fraction of sp³-hybridized carbons (Fsp3) is 0.250. The number of hydrazine groups is 1. The lowest BCUT2D eigenvalue weighted by Crippen LogP contribution is -2.26. The Morgan fingerprint density at radius 2 is 2.08 bits per heavy atom.